The monoisotopic (exact) mass is 242 g/mol. The van der Waals surface area contributed by atoms with E-state index in [-0.39, 0.29) is 0 Å². The SMILES string of the molecule is Cc1c(-c2cccnc2)c(C2CCCN2)nn1C. The summed E-state index contributed by atoms with van der Waals surface area (Å²) in [5.74, 6) is 0. The molecule has 1 N–H and O–H groups in total. The second-order valence-corrected chi connectivity index (χ2v) is 4.86. The van der Waals surface area contributed by atoms with Crippen LogP contribution in [0.15, 0.2) is 24.5 Å². The minimum atomic E-state index is 0.389. The summed E-state index contributed by atoms with van der Waals surface area (Å²) >= 11 is 0. The van der Waals surface area contributed by atoms with Crippen LogP contribution in [0, 0.1) is 6.92 Å². The van der Waals surface area contributed by atoms with E-state index in [1.54, 1.807) is 0 Å². The lowest BCUT2D eigenvalue weighted by Gasteiger charge is -2.10. The number of hydrogen-bond acceptors (Lipinski definition) is 3. The Balaban J connectivity index is 2.12. The van der Waals surface area contributed by atoms with Crippen molar-refractivity contribution in [2.24, 2.45) is 7.05 Å². The van der Waals surface area contributed by atoms with Gasteiger partial charge in [-0.25, -0.2) is 0 Å². The van der Waals surface area contributed by atoms with E-state index >= 15 is 0 Å². The van der Waals surface area contributed by atoms with Gasteiger partial charge in [0.25, 0.3) is 0 Å². The van der Waals surface area contributed by atoms with Gasteiger partial charge < -0.3 is 5.32 Å². The minimum Gasteiger partial charge on any atom is -0.309 e. The molecule has 4 heteroatoms. The summed E-state index contributed by atoms with van der Waals surface area (Å²) < 4.78 is 1.97. The summed E-state index contributed by atoms with van der Waals surface area (Å²) in [6, 6.07) is 4.48. The van der Waals surface area contributed by atoms with E-state index in [0.717, 1.165) is 12.1 Å². The van der Waals surface area contributed by atoms with Crippen LogP contribution in [0.1, 0.15) is 30.3 Å². The van der Waals surface area contributed by atoms with E-state index < -0.39 is 0 Å². The first-order valence-corrected chi connectivity index (χ1v) is 6.44. The van der Waals surface area contributed by atoms with Crippen LogP contribution in [0.5, 0.6) is 0 Å². The predicted molar refractivity (Wildman–Crippen MR) is 71.2 cm³/mol. The second-order valence-electron chi connectivity index (χ2n) is 4.86. The van der Waals surface area contributed by atoms with Crippen molar-refractivity contribution in [2.75, 3.05) is 6.54 Å². The van der Waals surface area contributed by atoms with Crippen LogP contribution in [-0.4, -0.2) is 21.3 Å². The molecule has 1 unspecified atom stereocenters. The van der Waals surface area contributed by atoms with E-state index in [0.29, 0.717) is 6.04 Å². The fourth-order valence-electron chi connectivity index (χ4n) is 2.66. The molecule has 2 aromatic rings. The number of nitrogens with one attached hydrogen (secondary N) is 1. The zero-order valence-corrected chi connectivity index (χ0v) is 10.8. The van der Waals surface area contributed by atoms with Crippen LogP contribution >= 0.6 is 0 Å². The summed E-state index contributed by atoms with van der Waals surface area (Å²) in [7, 11) is 2.01. The zero-order chi connectivity index (χ0) is 12.5. The molecule has 0 amide bonds. The molecule has 0 aromatic carbocycles. The number of hydrogen-bond donors (Lipinski definition) is 1. The first-order valence-electron chi connectivity index (χ1n) is 6.44. The smallest absolute Gasteiger partial charge is 0.0875 e. The lowest BCUT2D eigenvalue weighted by molar-refractivity contribution is 0.605. The van der Waals surface area contributed by atoms with Crippen molar-refractivity contribution in [2.45, 2.75) is 25.8 Å². The van der Waals surface area contributed by atoms with E-state index in [1.807, 2.05) is 30.2 Å². The van der Waals surface area contributed by atoms with Gasteiger partial charge in [0.15, 0.2) is 0 Å². The Morgan fingerprint density at radius 3 is 3.00 bits per heavy atom. The fourth-order valence-corrected chi connectivity index (χ4v) is 2.66. The van der Waals surface area contributed by atoms with Gasteiger partial charge in [0.05, 0.1) is 11.7 Å². The second kappa shape index (κ2) is 4.53. The number of nitrogens with zero attached hydrogens (tertiary/aromatic N) is 3. The van der Waals surface area contributed by atoms with Crippen LogP contribution in [0.3, 0.4) is 0 Å². The maximum absolute atomic E-state index is 4.69. The number of pyridine rings is 1. The third kappa shape index (κ3) is 1.82. The predicted octanol–water partition coefficient (Wildman–Crippen LogP) is 2.22. The summed E-state index contributed by atoms with van der Waals surface area (Å²) in [5.41, 5.74) is 4.77. The van der Waals surface area contributed by atoms with E-state index in [9.17, 15) is 0 Å². The van der Waals surface area contributed by atoms with Crippen molar-refractivity contribution in [1.82, 2.24) is 20.1 Å². The van der Waals surface area contributed by atoms with Crippen molar-refractivity contribution >= 4 is 0 Å². The molecule has 0 aliphatic carbocycles. The Kier molecular flexibility index (Phi) is 2.88. The van der Waals surface area contributed by atoms with Crippen molar-refractivity contribution in [3.05, 3.63) is 35.9 Å². The van der Waals surface area contributed by atoms with Gasteiger partial charge in [-0.2, -0.15) is 5.10 Å². The lowest BCUT2D eigenvalue weighted by Crippen LogP contribution is -2.14. The maximum atomic E-state index is 4.69. The van der Waals surface area contributed by atoms with Crippen molar-refractivity contribution < 1.29 is 0 Å². The van der Waals surface area contributed by atoms with E-state index in [4.69, 9.17) is 5.10 Å². The van der Waals surface area contributed by atoms with Crippen LogP contribution in [0.2, 0.25) is 0 Å². The minimum absolute atomic E-state index is 0.389. The molecular formula is C14H18N4. The summed E-state index contributed by atoms with van der Waals surface area (Å²) in [5, 5.41) is 8.22. The fraction of sp³-hybridized carbons (Fsp3) is 0.429. The van der Waals surface area contributed by atoms with Gasteiger partial charge in [-0.1, -0.05) is 6.07 Å². The average molecular weight is 242 g/mol. The molecule has 94 valence electrons. The highest BCUT2D eigenvalue weighted by atomic mass is 15.3. The maximum Gasteiger partial charge on any atom is 0.0875 e. The van der Waals surface area contributed by atoms with Gasteiger partial charge in [0.2, 0.25) is 0 Å². The average Bonchev–Trinajstić information content (AvgIpc) is 3.00. The summed E-state index contributed by atoms with van der Waals surface area (Å²) in [6.45, 7) is 3.21. The highest BCUT2D eigenvalue weighted by Gasteiger charge is 2.25. The molecule has 1 saturated heterocycles. The van der Waals surface area contributed by atoms with Crippen LogP contribution < -0.4 is 5.32 Å². The largest absolute Gasteiger partial charge is 0.309 e. The van der Waals surface area contributed by atoms with Gasteiger partial charge >= 0.3 is 0 Å². The summed E-state index contributed by atoms with van der Waals surface area (Å²) in [4.78, 5) is 4.22. The van der Waals surface area contributed by atoms with E-state index in [2.05, 4.69) is 23.3 Å². The number of aromatic nitrogens is 3. The third-order valence-corrected chi connectivity index (χ3v) is 3.70. The van der Waals surface area contributed by atoms with Gasteiger partial charge in [-0.15, -0.1) is 0 Å². The van der Waals surface area contributed by atoms with Crippen LogP contribution in [0.4, 0.5) is 0 Å². The molecule has 0 bridgehead atoms. The Hall–Kier alpha value is -1.68. The van der Waals surface area contributed by atoms with Gasteiger partial charge in [-0.3, -0.25) is 9.67 Å². The van der Waals surface area contributed by atoms with Crippen molar-refractivity contribution in [1.29, 1.82) is 0 Å². The van der Waals surface area contributed by atoms with Crippen molar-refractivity contribution in [3.63, 3.8) is 0 Å². The Morgan fingerprint density at radius 2 is 2.33 bits per heavy atom. The molecule has 18 heavy (non-hydrogen) atoms. The molecule has 0 saturated carbocycles. The molecule has 3 heterocycles. The molecule has 1 atom stereocenters. The quantitative estimate of drug-likeness (QED) is 0.878. The van der Waals surface area contributed by atoms with Gasteiger partial charge in [-0.05, 0) is 32.4 Å². The Bertz CT molecular complexity index is 538. The standard InChI is InChI=1S/C14H18N4/c1-10-13(11-5-3-7-15-9-11)14(17-18(10)2)12-6-4-8-16-12/h3,5,7,9,12,16H,4,6,8H2,1-2H3. The Labute approximate surface area is 107 Å². The van der Waals surface area contributed by atoms with Gasteiger partial charge in [0, 0.05) is 36.3 Å². The van der Waals surface area contributed by atoms with Crippen LogP contribution in [0.25, 0.3) is 11.1 Å². The summed E-state index contributed by atoms with van der Waals surface area (Å²) in [6.07, 6.45) is 6.13. The molecule has 1 aliphatic heterocycles. The molecule has 0 spiro atoms. The highest BCUT2D eigenvalue weighted by molar-refractivity contribution is 5.68. The van der Waals surface area contributed by atoms with Gasteiger partial charge in [0.1, 0.15) is 0 Å². The lowest BCUT2D eigenvalue weighted by atomic mass is 10.0. The number of rotatable bonds is 2. The first-order chi connectivity index (χ1) is 8.77. The molecule has 2 aromatic heterocycles. The van der Waals surface area contributed by atoms with Crippen LogP contribution in [-0.2, 0) is 7.05 Å². The molecule has 1 aliphatic rings. The molecule has 1 fully saturated rings. The highest BCUT2D eigenvalue weighted by Crippen LogP contribution is 2.33. The topological polar surface area (TPSA) is 42.7 Å². The molecular weight excluding hydrogens is 224 g/mol. The zero-order valence-electron chi connectivity index (χ0n) is 10.8. The Morgan fingerprint density at radius 1 is 1.44 bits per heavy atom. The third-order valence-electron chi connectivity index (χ3n) is 3.70. The molecule has 0 radical (unpaired) electrons. The first kappa shape index (κ1) is 11.4. The van der Waals surface area contributed by atoms with Crippen molar-refractivity contribution in [3.8, 4) is 11.1 Å². The van der Waals surface area contributed by atoms with E-state index in [1.165, 1.54) is 29.8 Å². The number of aryl methyl sites for hydroxylation is 1. The molecule has 3 rings (SSSR count). The normalized spacial score (nSPS) is 19.3. The molecule has 4 nitrogen and oxygen atoms in total.